The molecule has 2 aromatic carbocycles. The van der Waals surface area contributed by atoms with E-state index in [4.69, 9.17) is 14.2 Å². The summed E-state index contributed by atoms with van der Waals surface area (Å²) in [7, 11) is 4.86. The fourth-order valence-electron chi connectivity index (χ4n) is 2.64. The summed E-state index contributed by atoms with van der Waals surface area (Å²) in [5, 5.41) is 3.57. The molecule has 24 heavy (non-hydrogen) atoms. The van der Waals surface area contributed by atoms with E-state index >= 15 is 0 Å². The molecule has 0 saturated carbocycles. The highest BCUT2D eigenvalue weighted by molar-refractivity contribution is 5.54. The maximum atomic E-state index is 5.45. The van der Waals surface area contributed by atoms with Crippen molar-refractivity contribution in [3.63, 3.8) is 0 Å². The van der Waals surface area contributed by atoms with Gasteiger partial charge in [0.1, 0.15) is 0 Å². The van der Waals surface area contributed by atoms with Gasteiger partial charge in [0.25, 0.3) is 0 Å². The third-order valence-electron chi connectivity index (χ3n) is 3.89. The molecule has 0 amide bonds. The van der Waals surface area contributed by atoms with E-state index in [1.165, 1.54) is 5.56 Å². The Kier molecular flexibility index (Phi) is 6.70. The number of rotatable bonds is 9. The van der Waals surface area contributed by atoms with Crippen LogP contribution in [0.1, 0.15) is 23.6 Å². The number of nitrogens with one attached hydrogen (secondary N) is 1. The van der Waals surface area contributed by atoms with Crippen LogP contribution in [0, 0.1) is 0 Å². The first kappa shape index (κ1) is 17.9. The molecule has 1 atom stereocenters. The van der Waals surface area contributed by atoms with Gasteiger partial charge in [-0.05, 0) is 29.7 Å². The molecule has 128 valence electrons. The highest BCUT2D eigenvalue weighted by Crippen LogP contribution is 2.40. The van der Waals surface area contributed by atoms with Gasteiger partial charge in [-0.1, -0.05) is 36.4 Å². The second kappa shape index (κ2) is 8.99. The van der Waals surface area contributed by atoms with Crippen LogP contribution in [0.15, 0.2) is 55.1 Å². The Morgan fingerprint density at radius 3 is 2.12 bits per heavy atom. The fraction of sp³-hybridized carbons (Fsp3) is 0.300. The summed E-state index contributed by atoms with van der Waals surface area (Å²) in [4.78, 5) is 0. The lowest BCUT2D eigenvalue weighted by Gasteiger charge is -2.21. The molecule has 0 aliphatic heterocycles. The van der Waals surface area contributed by atoms with E-state index in [2.05, 4.69) is 24.0 Å². The predicted octanol–water partition coefficient (Wildman–Crippen LogP) is 4.12. The average Bonchev–Trinajstić information content (AvgIpc) is 2.64. The molecule has 2 rings (SSSR count). The van der Waals surface area contributed by atoms with Crippen LogP contribution in [-0.4, -0.2) is 21.3 Å². The van der Waals surface area contributed by atoms with Crippen molar-refractivity contribution in [2.24, 2.45) is 0 Å². The fourth-order valence-corrected chi connectivity index (χ4v) is 2.64. The van der Waals surface area contributed by atoms with Crippen molar-refractivity contribution in [3.05, 3.63) is 66.2 Å². The molecule has 0 aliphatic rings. The molecule has 0 radical (unpaired) electrons. The minimum atomic E-state index is 0.108. The van der Waals surface area contributed by atoms with Gasteiger partial charge in [0.05, 0.1) is 21.3 Å². The van der Waals surface area contributed by atoms with Crippen LogP contribution in [-0.2, 0) is 6.54 Å². The van der Waals surface area contributed by atoms with Crippen LogP contribution in [0.2, 0.25) is 0 Å². The second-order valence-electron chi connectivity index (χ2n) is 5.40. The Hall–Kier alpha value is -2.46. The zero-order chi connectivity index (χ0) is 17.4. The van der Waals surface area contributed by atoms with Crippen molar-refractivity contribution in [2.45, 2.75) is 19.0 Å². The molecule has 0 fully saturated rings. The van der Waals surface area contributed by atoms with E-state index in [9.17, 15) is 0 Å². The molecular formula is C20H25NO3. The zero-order valence-corrected chi connectivity index (χ0v) is 14.5. The second-order valence-corrected chi connectivity index (χ2v) is 5.40. The summed E-state index contributed by atoms with van der Waals surface area (Å²) in [6.45, 7) is 4.65. The third-order valence-corrected chi connectivity index (χ3v) is 3.89. The molecule has 0 heterocycles. The molecule has 0 spiro atoms. The smallest absolute Gasteiger partial charge is 0.203 e. The lowest BCUT2D eigenvalue weighted by molar-refractivity contribution is 0.323. The molecule has 0 aliphatic carbocycles. The maximum absolute atomic E-state index is 5.45. The zero-order valence-electron chi connectivity index (χ0n) is 14.5. The van der Waals surface area contributed by atoms with E-state index in [1.54, 1.807) is 21.3 Å². The summed E-state index contributed by atoms with van der Waals surface area (Å²) in [5.41, 5.74) is 2.30. The topological polar surface area (TPSA) is 39.7 Å². The van der Waals surface area contributed by atoms with Crippen molar-refractivity contribution in [3.8, 4) is 17.2 Å². The van der Waals surface area contributed by atoms with E-state index in [0.717, 1.165) is 18.5 Å². The SMILES string of the molecule is C=CC[C@@H](NCc1ccccc1)c1cc(OC)c(OC)c(OC)c1. The van der Waals surface area contributed by atoms with Crippen LogP contribution in [0.25, 0.3) is 0 Å². The van der Waals surface area contributed by atoms with Gasteiger partial charge in [-0.2, -0.15) is 0 Å². The van der Waals surface area contributed by atoms with Gasteiger partial charge in [-0.3, -0.25) is 0 Å². The number of hydrogen-bond acceptors (Lipinski definition) is 4. The number of hydrogen-bond donors (Lipinski definition) is 1. The Balaban J connectivity index is 2.27. The van der Waals surface area contributed by atoms with Gasteiger partial charge in [0.15, 0.2) is 11.5 Å². The number of benzene rings is 2. The summed E-state index contributed by atoms with van der Waals surface area (Å²) < 4.78 is 16.3. The Bertz CT molecular complexity index is 630. The third kappa shape index (κ3) is 4.30. The standard InChI is InChI=1S/C20H25NO3/c1-5-9-17(21-14-15-10-7-6-8-11-15)16-12-18(22-2)20(24-4)19(13-16)23-3/h5-8,10-13,17,21H,1,9,14H2,2-4H3/t17-/m1/s1. The summed E-state index contributed by atoms with van der Waals surface area (Å²) in [5.74, 6) is 1.91. The Morgan fingerprint density at radius 1 is 1.00 bits per heavy atom. The molecule has 4 heteroatoms. The summed E-state index contributed by atoms with van der Waals surface area (Å²) in [6, 6.07) is 14.4. The minimum Gasteiger partial charge on any atom is -0.493 e. The van der Waals surface area contributed by atoms with Crippen LogP contribution in [0.3, 0.4) is 0 Å². The first-order chi connectivity index (χ1) is 11.7. The van der Waals surface area contributed by atoms with Crippen molar-refractivity contribution in [1.82, 2.24) is 5.32 Å². The molecule has 0 bridgehead atoms. The summed E-state index contributed by atoms with van der Waals surface area (Å²) >= 11 is 0. The van der Waals surface area contributed by atoms with E-state index in [1.807, 2.05) is 36.4 Å². The van der Waals surface area contributed by atoms with Gasteiger partial charge in [0, 0.05) is 12.6 Å². The minimum absolute atomic E-state index is 0.108. The molecule has 4 nitrogen and oxygen atoms in total. The average molecular weight is 327 g/mol. The van der Waals surface area contributed by atoms with Gasteiger partial charge in [0.2, 0.25) is 5.75 Å². The normalized spacial score (nSPS) is 11.6. The monoisotopic (exact) mass is 327 g/mol. The van der Waals surface area contributed by atoms with Crippen molar-refractivity contribution >= 4 is 0 Å². The maximum Gasteiger partial charge on any atom is 0.203 e. The van der Waals surface area contributed by atoms with Crippen molar-refractivity contribution in [1.29, 1.82) is 0 Å². The number of ether oxygens (including phenoxy) is 3. The van der Waals surface area contributed by atoms with E-state index in [0.29, 0.717) is 17.2 Å². The quantitative estimate of drug-likeness (QED) is 0.703. The van der Waals surface area contributed by atoms with Gasteiger partial charge in [-0.25, -0.2) is 0 Å². The molecule has 0 unspecified atom stereocenters. The largest absolute Gasteiger partial charge is 0.493 e. The molecular weight excluding hydrogens is 302 g/mol. The van der Waals surface area contributed by atoms with E-state index < -0.39 is 0 Å². The van der Waals surface area contributed by atoms with Gasteiger partial charge in [-0.15, -0.1) is 6.58 Å². The first-order valence-electron chi connectivity index (χ1n) is 7.91. The molecule has 2 aromatic rings. The molecule has 0 saturated heterocycles. The van der Waals surface area contributed by atoms with Crippen molar-refractivity contribution < 1.29 is 14.2 Å². The first-order valence-corrected chi connectivity index (χ1v) is 7.91. The van der Waals surface area contributed by atoms with Crippen molar-refractivity contribution in [2.75, 3.05) is 21.3 Å². The van der Waals surface area contributed by atoms with Gasteiger partial charge < -0.3 is 19.5 Å². The highest BCUT2D eigenvalue weighted by atomic mass is 16.5. The van der Waals surface area contributed by atoms with Crippen LogP contribution in [0.4, 0.5) is 0 Å². The predicted molar refractivity (Wildman–Crippen MR) is 96.9 cm³/mol. The number of methoxy groups -OCH3 is 3. The van der Waals surface area contributed by atoms with Gasteiger partial charge >= 0.3 is 0 Å². The highest BCUT2D eigenvalue weighted by Gasteiger charge is 2.18. The molecule has 0 aromatic heterocycles. The van der Waals surface area contributed by atoms with Crippen LogP contribution < -0.4 is 19.5 Å². The lowest BCUT2D eigenvalue weighted by Crippen LogP contribution is -2.20. The Labute approximate surface area is 144 Å². The Morgan fingerprint density at radius 2 is 1.62 bits per heavy atom. The van der Waals surface area contributed by atoms with Crippen LogP contribution >= 0.6 is 0 Å². The molecule has 1 N–H and O–H groups in total. The van der Waals surface area contributed by atoms with E-state index in [-0.39, 0.29) is 6.04 Å². The summed E-state index contributed by atoms with van der Waals surface area (Å²) in [6.07, 6.45) is 2.71. The lowest BCUT2D eigenvalue weighted by atomic mass is 10.0. The van der Waals surface area contributed by atoms with Crippen LogP contribution in [0.5, 0.6) is 17.2 Å².